The molecule has 1 aliphatic heterocycles. The predicted molar refractivity (Wildman–Crippen MR) is 146 cm³/mol. The number of likely N-dealkylation sites (N-methyl/N-ethyl adjacent to an activating group) is 2. The largest absolute Gasteiger partial charge is 0.492 e. The van der Waals surface area contributed by atoms with Gasteiger partial charge in [0.15, 0.2) is 0 Å². The van der Waals surface area contributed by atoms with Crippen LogP contribution in [0.15, 0.2) is 54.6 Å². The van der Waals surface area contributed by atoms with Crippen LogP contribution in [0, 0.1) is 5.92 Å². The Bertz CT molecular complexity index is 1140. The Kier molecular flexibility index (Phi) is 10.7. The van der Waals surface area contributed by atoms with Crippen LogP contribution in [0.25, 0.3) is 0 Å². The summed E-state index contributed by atoms with van der Waals surface area (Å²) >= 11 is 0. The third-order valence-corrected chi connectivity index (χ3v) is 6.34. The van der Waals surface area contributed by atoms with Crippen LogP contribution in [-0.2, 0) is 14.4 Å². The van der Waals surface area contributed by atoms with E-state index in [9.17, 15) is 19.2 Å². The lowest BCUT2D eigenvalue weighted by atomic mass is 10.0. The monoisotopic (exact) mass is 538 g/mol. The number of amides is 4. The quantitative estimate of drug-likeness (QED) is 0.558. The number of carbonyl (C=O) groups excluding carboxylic acids is 4. The van der Waals surface area contributed by atoms with Crippen LogP contribution in [-0.4, -0.2) is 85.9 Å². The maximum absolute atomic E-state index is 13.4. The van der Waals surface area contributed by atoms with Gasteiger partial charge in [0.1, 0.15) is 36.8 Å². The molecular weight excluding hydrogens is 500 g/mol. The highest BCUT2D eigenvalue weighted by molar-refractivity contribution is 6.01. The first-order chi connectivity index (χ1) is 18.7. The molecule has 2 aromatic rings. The van der Waals surface area contributed by atoms with Crippen LogP contribution >= 0.6 is 0 Å². The standard InChI is InChI=1S/C29H38N4O6/c1-20(2)18-23-28(36)33(4)15-17-39-25-13-9-8-12-22(25)27(35)31-24(19-26(34)30-23)29(37)32(3)14-16-38-21-10-6-5-7-11-21/h5-13,20,23-24H,14-19H2,1-4H3,(H,30,34)(H,31,35)/t23-,24+/m1/s1. The number of hydrogen-bond acceptors (Lipinski definition) is 6. The van der Waals surface area contributed by atoms with E-state index in [4.69, 9.17) is 9.47 Å². The third kappa shape index (κ3) is 8.73. The van der Waals surface area contributed by atoms with E-state index in [-0.39, 0.29) is 50.1 Å². The highest BCUT2D eigenvalue weighted by Crippen LogP contribution is 2.19. The molecule has 0 fully saturated rings. The van der Waals surface area contributed by atoms with Crippen molar-refractivity contribution in [2.45, 2.75) is 38.8 Å². The van der Waals surface area contributed by atoms with Crippen molar-refractivity contribution < 1.29 is 28.7 Å². The van der Waals surface area contributed by atoms with Crippen molar-refractivity contribution in [3.63, 3.8) is 0 Å². The fourth-order valence-corrected chi connectivity index (χ4v) is 4.21. The Morgan fingerprint density at radius 2 is 1.77 bits per heavy atom. The average molecular weight is 539 g/mol. The second kappa shape index (κ2) is 14.2. The van der Waals surface area contributed by atoms with Crippen molar-refractivity contribution in [3.05, 3.63) is 60.2 Å². The van der Waals surface area contributed by atoms with E-state index in [2.05, 4.69) is 10.6 Å². The molecule has 3 rings (SSSR count). The number of fused-ring (bicyclic) bond motifs is 1. The van der Waals surface area contributed by atoms with Crippen LogP contribution in [0.5, 0.6) is 11.5 Å². The van der Waals surface area contributed by atoms with Crippen LogP contribution in [0.3, 0.4) is 0 Å². The maximum Gasteiger partial charge on any atom is 0.255 e. The van der Waals surface area contributed by atoms with Crippen LogP contribution < -0.4 is 20.1 Å². The van der Waals surface area contributed by atoms with Crippen molar-refractivity contribution in [2.24, 2.45) is 5.92 Å². The van der Waals surface area contributed by atoms with Gasteiger partial charge in [0.05, 0.1) is 25.1 Å². The SMILES string of the molecule is CC(C)C[C@H]1NC(=O)C[C@@H](C(=O)N(C)CCOc2ccccc2)NC(=O)c2ccccc2OCCN(C)C1=O. The van der Waals surface area contributed by atoms with Crippen LogP contribution in [0.2, 0.25) is 0 Å². The molecule has 0 unspecified atom stereocenters. The van der Waals surface area contributed by atoms with E-state index in [0.29, 0.717) is 17.9 Å². The van der Waals surface area contributed by atoms with Crippen molar-refractivity contribution in [1.82, 2.24) is 20.4 Å². The fraction of sp³-hybridized carbons (Fsp3) is 0.448. The van der Waals surface area contributed by atoms with Gasteiger partial charge < -0.3 is 29.9 Å². The number of nitrogens with one attached hydrogen (secondary N) is 2. The second-order valence-corrected chi connectivity index (χ2v) is 10.0. The molecule has 0 saturated heterocycles. The molecule has 1 aliphatic rings. The molecule has 0 bridgehead atoms. The minimum atomic E-state index is -1.16. The first kappa shape index (κ1) is 29.5. The first-order valence-electron chi connectivity index (χ1n) is 13.2. The van der Waals surface area contributed by atoms with Crippen molar-refractivity contribution in [1.29, 1.82) is 0 Å². The zero-order valence-electron chi connectivity index (χ0n) is 23.0. The summed E-state index contributed by atoms with van der Waals surface area (Å²) in [5.74, 6) is -0.596. The van der Waals surface area contributed by atoms with Gasteiger partial charge in [-0.2, -0.15) is 0 Å². The molecule has 2 atom stereocenters. The topological polar surface area (TPSA) is 117 Å². The van der Waals surface area contributed by atoms with Crippen molar-refractivity contribution in [3.8, 4) is 11.5 Å². The molecule has 2 N–H and O–H groups in total. The summed E-state index contributed by atoms with van der Waals surface area (Å²) in [4.78, 5) is 55.9. The summed E-state index contributed by atoms with van der Waals surface area (Å²) in [6.45, 7) is 4.82. The number of hydrogen-bond donors (Lipinski definition) is 2. The summed E-state index contributed by atoms with van der Waals surface area (Å²) in [5, 5.41) is 5.50. The number of carbonyl (C=O) groups is 4. The Morgan fingerprint density at radius 1 is 1.08 bits per heavy atom. The predicted octanol–water partition coefficient (Wildman–Crippen LogP) is 2.09. The minimum absolute atomic E-state index is 0.141. The zero-order valence-corrected chi connectivity index (χ0v) is 23.0. The molecule has 210 valence electrons. The van der Waals surface area contributed by atoms with E-state index in [1.165, 1.54) is 9.80 Å². The second-order valence-electron chi connectivity index (χ2n) is 10.0. The van der Waals surface area contributed by atoms with E-state index in [0.717, 1.165) is 0 Å². The molecule has 10 heteroatoms. The number of rotatable bonds is 7. The van der Waals surface area contributed by atoms with Gasteiger partial charge in [0.2, 0.25) is 17.7 Å². The zero-order chi connectivity index (χ0) is 28.4. The molecule has 0 aromatic heterocycles. The first-order valence-corrected chi connectivity index (χ1v) is 13.2. The highest BCUT2D eigenvalue weighted by Gasteiger charge is 2.31. The minimum Gasteiger partial charge on any atom is -0.492 e. The molecule has 4 amide bonds. The Labute approximate surface area is 229 Å². The molecule has 10 nitrogen and oxygen atoms in total. The highest BCUT2D eigenvalue weighted by atomic mass is 16.5. The summed E-state index contributed by atoms with van der Waals surface area (Å²) in [6.07, 6.45) is 0.101. The van der Waals surface area contributed by atoms with Crippen molar-refractivity contribution >= 4 is 23.6 Å². The van der Waals surface area contributed by atoms with Crippen LogP contribution in [0.1, 0.15) is 37.0 Å². The lowest BCUT2D eigenvalue weighted by Crippen LogP contribution is -2.53. The molecule has 0 aliphatic carbocycles. The van der Waals surface area contributed by atoms with Gasteiger partial charge in [-0.3, -0.25) is 19.2 Å². The van der Waals surface area contributed by atoms with Gasteiger partial charge in [0, 0.05) is 14.1 Å². The van der Waals surface area contributed by atoms with Crippen LogP contribution in [0.4, 0.5) is 0 Å². The molecule has 2 aromatic carbocycles. The number of para-hydroxylation sites is 2. The maximum atomic E-state index is 13.4. The van der Waals surface area contributed by atoms with Gasteiger partial charge in [-0.15, -0.1) is 0 Å². The van der Waals surface area contributed by atoms with Crippen molar-refractivity contribution in [2.75, 3.05) is 40.4 Å². The summed E-state index contributed by atoms with van der Waals surface area (Å²) in [6, 6.07) is 13.9. The smallest absolute Gasteiger partial charge is 0.255 e. The Morgan fingerprint density at radius 3 is 2.49 bits per heavy atom. The molecule has 39 heavy (non-hydrogen) atoms. The summed E-state index contributed by atoms with van der Waals surface area (Å²) in [5.41, 5.74) is 0.231. The molecule has 0 spiro atoms. The van der Waals surface area contributed by atoms with Gasteiger partial charge in [-0.05, 0) is 36.6 Å². The number of nitrogens with zero attached hydrogens (tertiary/aromatic N) is 2. The lowest BCUT2D eigenvalue weighted by molar-refractivity contribution is -0.137. The van der Waals surface area contributed by atoms with Gasteiger partial charge >= 0.3 is 0 Å². The Hall–Kier alpha value is -4.08. The molecule has 0 saturated carbocycles. The number of benzene rings is 2. The van der Waals surface area contributed by atoms with E-state index in [1.54, 1.807) is 38.4 Å². The molecule has 1 heterocycles. The van der Waals surface area contributed by atoms with Gasteiger partial charge in [0.25, 0.3) is 5.91 Å². The number of ether oxygens (including phenoxy) is 2. The van der Waals surface area contributed by atoms with Gasteiger partial charge in [-0.25, -0.2) is 0 Å². The molecular formula is C29H38N4O6. The fourth-order valence-electron chi connectivity index (χ4n) is 4.21. The van der Waals surface area contributed by atoms with E-state index in [1.807, 2.05) is 44.2 Å². The Balaban J connectivity index is 1.82. The van der Waals surface area contributed by atoms with Gasteiger partial charge in [-0.1, -0.05) is 44.2 Å². The van der Waals surface area contributed by atoms with E-state index >= 15 is 0 Å². The normalized spacial score (nSPS) is 18.8. The van der Waals surface area contributed by atoms with E-state index < -0.39 is 29.8 Å². The molecule has 0 radical (unpaired) electrons. The lowest BCUT2D eigenvalue weighted by Gasteiger charge is -2.28. The third-order valence-electron chi connectivity index (χ3n) is 6.34. The summed E-state index contributed by atoms with van der Waals surface area (Å²) in [7, 11) is 3.23. The summed E-state index contributed by atoms with van der Waals surface area (Å²) < 4.78 is 11.5. The average Bonchev–Trinajstić information content (AvgIpc) is 2.91.